The first-order chi connectivity index (χ1) is 42.0. The summed E-state index contributed by atoms with van der Waals surface area (Å²) >= 11 is 0. The highest BCUT2D eigenvalue weighted by Gasteiger charge is 2.43. The number of piperazine rings is 4. The molecule has 4 fully saturated rings. The van der Waals surface area contributed by atoms with E-state index in [4.69, 9.17) is 0 Å². The largest absolute Gasteiger partial charge is 0.340 e. The molecule has 88 heavy (non-hydrogen) atoms. The minimum atomic E-state index is -0.435. The highest BCUT2D eigenvalue weighted by atomic mass is 19.1. The van der Waals surface area contributed by atoms with Crippen molar-refractivity contribution >= 4 is 35.0 Å². The van der Waals surface area contributed by atoms with Crippen LogP contribution in [-0.2, 0) is 42.8 Å². The number of benzene rings is 2. The van der Waals surface area contributed by atoms with Gasteiger partial charge in [0.25, 0.3) is 11.1 Å². The van der Waals surface area contributed by atoms with Crippen LogP contribution in [0.2, 0.25) is 0 Å². The van der Waals surface area contributed by atoms with E-state index >= 15 is 0 Å². The summed E-state index contributed by atoms with van der Waals surface area (Å²) in [5.41, 5.74) is 4.44. The molecule has 0 bridgehead atoms. The molecule has 4 saturated heterocycles. The van der Waals surface area contributed by atoms with E-state index in [9.17, 15) is 37.5 Å². The zero-order chi connectivity index (χ0) is 62.6. The van der Waals surface area contributed by atoms with E-state index < -0.39 is 10.8 Å². The third-order valence-electron chi connectivity index (χ3n) is 19.7. The topological polar surface area (TPSA) is 184 Å². The summed E-state index contributed by atoms with van der Waals surface area (Å²) in [6.45, 7) is 27.1. The monoisotopic (exact) mass is 1210 g/mol. The van der Waals surface area contributed by atoms with E-state index in [-0.39, 0.29) is 95.7 Å². The quantitative estimate of drug-likeness (QED) is 0.0718. The third kappa shape index (κ3) is 15.5. The van der Waals surface area contributed by atoms with Crippen LogP contribution in [0.5, 0.6) is 0 Å². The Bertz CT molecular complexity index is 3030. The SMILES string of the molecule is CC1CN(C(=O)CCCCCCCCC(=O)N2CCN(C[C@H]3CN[C@H](C)CN3CC(=O)N3CC(C)(C)c4[nH]c(=O)c(Cc5ccc(F)cc5)cc43)C(C)C2)CCN1C[C@H]1CN[C@H](C)CN1CC(=O)N1CC(C)(C)c2[nH]c(=O)c(Cc3ccc(F)cc3)cc21. The standard InChI is InChI=1S/C68H96F2N12O6/c1-45-35-79(41-61(85)81-43-67(5,6)63-57(81)31-51(65(87)73-63)29-49-17-21-53(69)22-18-49)55(33-71-45)39-75-25-27-77(37-47(75)3)59(83)15-13-11-9-10-12-14-16-60(84)78-28-26-76(48(4)38-78)40-56-34-72-46(2)36-80(56)42-62(86)82-44-68(7,8)64-58(82)32-52(66(88)74-64)30-50-19-23-54(70)24-20-50/h17-24,31-32,45-48,55-56,71-72H,9-16,25-30,33-44H2,1-8H3,(H,73,87)(H,74,88)/t45-,46-,47?,48?,55-,56-/m1/s1. The number of pyridine rings is 2. The molecule has 6 aliphatic heterocycles. The van der Waals surface area contributed by atoms with Crippen molar-refractivity contribution < 1.29 is 28.0 Å². The lowest BCUT2D eigenvalue weighted by atomic mass is 9.91. The first-order valence-corrected chi connectivity index (χ1v) is 32.6. The predicted molar refractivity (Wildman–Crippen MR) is 341 cm³/mol. The number of aromatic amines is 2. The maximum Gasteiger partial charge on any atom is 0.251 e. The second kappa shape index (κ2) is 27.9. The van der Waals surface area contributed by atoms with Crippen LogP contribution in [0.4, 0.5) is 20.2 Å². The zero-order valence-electron chi connectivity index (χ0n) is 53.4. The predicted octanol–water partition coefficient (Wildman–Crippen LogP) is 5.98. The molecule has 0 radical (unpaired) electrons. The molecule has 4 amide bonds. The summed E-state index contributed by atoms with van der Waals surface area (Å²) in [5.74, 6) is -0.242. The lowest BCUT2D eigenvalue weighted by molar-refractivity contribution is -0.135. The number of halogens is 2. The van der Waals surface area contributed by atoms with Crippen molar-refractivity contribution in [2.45, 2.75) is 167 Å². The number of hydrogen-bond acceptors (Lipinski definition) is 12. The van der Waals surface area contributed by atoms with Crippen LogP contribution in [0.25, 0.3) is 0 Å². The van der Waals surface area contributed by atoms with E-state index in [1.807, 2.05) is 31.7 Å². The summed E-state index contributed by atoms with van der Waals surface area (Å²) in [6.07, 6.45) is 7.50. The molecule has 478 valence electrons. The van der Waals surface area contributed by atoms with Crippen molar-refractivity contribution in [3.63, 3.8) is 0 Å². The number of carbonyl (C=O) groups excluding carboxylic acids is 4. The normalized spacial score (nSPS) is 24.2. The van der Waals surface area contributed by atoms with E-state index in [1.165, 1.54) is 24.3 Å². The highest BCUT2D eigenvalue weighted by molar-refractivity contribution is 5.98. The lowest BCUT2D eigenvalue weighted by Crippen LogP contribution is -2.63. The van der Waals surface area contributed by atoms with Gasteiger partial charge < -0.3 is 40.2 Å². The number of rotatable bonds is 21. The van der Waals surface area contributed by atoms with E-state index in [2.05, 4.69) is 95.6 Å². The van der Waals surface area contributed by atoms with Gasteiger partial charge in [0, 0.05) is 187 Å². The van der Waals surface area contributed by atoms with Gasteiger partial charge in [-0.25, -0.2) is 8.78 Å². The Balaban J connectivity index is 0.611. The van der Waals surface area contributed by atoms with Gasteiger partial charge in [0.05, 0.1) is 24.5 Å². The van der Waals surface area contributed by atoms with Gasteiger partial charge in [0.15, 0.2) is 0 Å². The molecule has 0 spiro atoms. The molecular weight excluding hydrogens is 1120 g/mol. The number of aromatic nitrogens is 2. The van der Waals surface area contributed by atoms with Crippen molar-refractivity contribution in [2.24, 2.45) is 0 Å². The molecule has 6 atom stereocenters. The van der Waals surface area contributed by atoms with Gasteiger partial charge in [-0.3, -0.25) is 48.4 Å². The average Bonchev–Trinajstić information content (AvgIpc) is 1.73. The van der Waals surface area contributed by atoms with Gasteiger partial charge in [-0.2, -0.15) is 0 Å². The summed E-state index contributed by atoms with van der Waals surface area (Å²) in [5, 5.41) is 7.28. The van der Waals surface area contributed by atoms with Crippen LogP contribution in [0, 0.1) is 11.6 Å². The number of unbranched alkanes of at least 4 members (excludes halogenated alkanes) is 5. The Morgan fingerprint density at radius 1 is 0.500 bits per heavy atom. The summed E-state index contributed by atoms with van der Waals surface area (Å²) < 4.78 is 27.3. The fourth-order valence-electron chi connectivity index (χ4n) is 14.5. The van der Waals surface area contributed by atoms with Crippen molar-refractivity contribution in [3.8, 4) is 0 Å². The van der Waals surface area contributed by atoms with Gasteiger partial charge in [-0.05, 0) is 88.1 Å². The number of carbonyl (C=O) groups is 4. The van der Waals surface area contributed by atoms with Crippen molar-refractivity contribution in [1.29, 1.82) is 0 Å². The fourth-order valence-corrected chi connectivity index (χ4v) is 14.5. The first kappa shape index (κ1) is 64.8. The second-order valence-electron chi connectivity index (χ2n) is 27.9. The van der Waals surface area contributed by atoms with Crippen LogP contribution >= 0.6 is 0 Å². The maximum atomic E-state index is 14.4. The Hall–Kier alpha value is -6.16. The molecule has 4 aromatic rings. The Morgan fingerprint density at radius 3 is 1.25 bits per heavy atom. The van der Waals surface area contributed by atoms with Crippen LogP contribution < -0.4 is 31.6 Å². The minimum absolute atomic E-state index is 0.00329. The molecule has 4 N–H and O–H groups in total. The van der Waals surface area contributed by atoms with Crippen molar-refractivity contribution in [3.05, 3.63) is 127 Å². The minimum Gasteiger partial charge on any atom is -0.340 e. The number of nitrogens with one attached hydrogen (secondary N) is 4. The Labute approximate surface area is 518 Å². The van der Waals surface area contributed by atoms with Gasteiger partial charge in [0.1, 0.15) is 11.6 Å². The molecule has 8 heterocycles. The van der Waals surface area contributed by atoms with Gasteiger partial charge >= 0.3 is 0 Å². The second-order valence-corrected chi connectivity index (χ2v) is 27.9. The summed E-state index contributed by atoms with van der Waals surface area (Å²) in [6, 6.07) is 17.0. The molecule has 2 aromatic heterocycles. The number of H-pyrrole nitrogens is 2. The van der Waals surface area contributed by atoms with Gasteiger partial charge in [-0.15, -0.1) is 0 Å². The molecule has 0 aliphatic carbocycles. The number of nitrogens with zero attached hydrogens (tertiary/aromatic N) is 8. The highest BCUT2D eigenvalue weighted by Crippen LogP contribution is 2.41. The van der Waals surface area contributed by atoms with Crippen LogP contribution in [0.1, 0.15) is 140 Å². The average molecular weight is 1220 g/mol. The fraction of sp³-hybridized carbons (Fsp3) is 0.618. The zero-order valence-corrected chi connectivity index (χ0v) is 53.4. The van der Waals surface area contributed by atoms with Crippen LogP contribution in [-0.4, -0.2) is 204 Å². The maximum absolute atomic E-state index is 14.4. The van der Waals surface area contributed by atoms with Gasteiger partial charge in [0.2, 0.25) is 23.6 Å². The number of fused-ring (bicyclic) bond motifs is 2. The van der Waals surface area contributed by atoms with Crippen molar-refractivity contribution in [2.75, 3.05) is 115 Å². The molecule has 2 aromatic carbocycles. The van der Waals surface area contributed by atoms with E-state index in [1.54, 1.807) is 24.3 Å². The summed E-state index contributed by atoms with van der Waals surface area (Å²) in [4.78, 5) is 106. The van der Waals surface area contributed by atoms with Gasteiger partial charge in [-0.1, -0.05) is 77.6 Å². The molecule has 2 unspecified atom stereocenters. The van der Waals surface area contributed by atoms with E-state index in [0.29, 0.717) is 76.1 Å². The molecule has 0 saturated carbocycles. The van der Waals surface area contributed by atoms with Crippen molar-refractivity contribution in [1.82, 2.24) is 50.0 Å². The number of hydrogen-bond donors (Lipinski definition) is 4. The molecule has 20 heteroatoms. The summed E-state index contributed by atoms with van der Waals surface area (Å²) in [7, 11) is 0. The number of amides is 4. The molecule has 6 aliphatic rings. The first-order valence-electron chi connectivity index (χ1n) is 32.6. The Kier molecular flexibility index (Phi) is 20.6. The van der Waals surface area contributed by atoms with E-state index in [0.717, 1.165) is 125 Å². The molecule has 10 rings (SSSR count). The van der Waals surface area contributed by atoms with Crippen LogP contribution in [0.3, 0.4) is 0 Å². The van der Waals surface area contributed by atoms with Crippen LogP contribution in [0.15, 0.2) is 70.3 Å². The Morgan fingerprint density at radius 2 is 0.875 bits per heavy atom. The lowest BCUT2D eigenvalue weighted by Gasteiger charge is -2.45. The number of anilines is 2. The smallest absolute Gasteiger partial charge is 0.251 e. The third-order valence-corrected chi connectivity index (χ3v) is 19.7. The molecular formula is C68H96F2N12O6. The molecule has 18 nitrogen and oxygen atoms in total.